The number of fused-ring (bicyclic) bond motifs is 1. The van der Waals surface area contributed by atoms with E-state index in [1.54, 1.807) is 7.11 Å². The number of halogens is 1. The molecule has 0 unspecified atom stereocenters. The quantitative estimate of drug-likeness (QED) is 0.536. The number of benzene rings is 2. The summed E-state index contributed by atoms with van der Waals surface area (Å²) in [7, 11) is 7.70. The van der Waals surface area contributed by atoms with Crippen LogP contribution in [0, 0.1) is 0 Å². The van der Waals surface area contributed by atoms with Crippen molar-refractivity contribution in [3.8, 4) is 17.4 Å². The van der Waals surface area contributed by atoms with Gasteiger partial charge in [0.15, 0.2) is 0 Å². The third-order valence-corrected chi connectivity index (χ3v) is 5.42. The first-order valence-electron chi connectivity index (χ1n) is 10.6. The number of anilines is 2. The zero-order chi connectivity index (χ0) is 23.4. The van der Waals surface area contributed by atoms with Gasteiger partial charge in [-0.2, -0.15) is 4.98 Å². The van der Waals surface area contributed by atoms with Gasteiger partial charge >= 0.3 is 0 Å². The summed E-state index contributed by atoms with van der Waals surface area (Å²) in [4.78, 5) is 13.0. The van der Waals surface area contributed by atoms with Crippen molar-refractivity contribution in [3.63, 3.8) is 0 Å². The molecule has 0 saturated carbocycles. The molecule has 0 fully saturated rings. The zero-order valence-electron chi connectivity index (χ0n) is 19.3. The number of nitrogens with one attached hydrogen (secondary N) is 1. The molecule has 2 heterocycles. The van der Waals surface area contributed by atoms with Crippen LogP contribution >= 0.6 is 11.6 Å². The summed E-state index contributed by atoms with van der Waals surface area (Å²) in [6, 6.07) is 11.9. The summed E-state index contributed by atoms with van der Waals surface area (Å²) < 4.78 is 17.5. The fraction of sp³-hybridized carbons (Fsp3) is 0.333. The van der Waals surface area contributed by atoms with E-state index in [2.05, 4.69) is 31.2 Å². The second-order valence-corrected chi connectivity index (χ2v) is 8.64. The maximum absolute atomic E-state index is 6.37. The molecule has 2 aromatic carbocycles. The molecular weight excluding hydrogens is 442 g/mol. The average molecular weight is 470 g/mol. The van der Waals surface area contributed by atoms with Gasteiger partial charge in [0.2, 0.25) is 11.8 Å². The maximum Gasteiger partial charge on any atom is 0.243 e. The maximum atomic E-state index is 6.37. The summed E-state index contributed by atoms with van der Waals surface area (Å²) in [6.07, 6.45) is 1.52. The number of methoxy groups -OCH3 is 1. The first-order valence-corrected chi connectivity index (χ1v) is 11.0. The lowest BCUT2D eigenvalue weighted by molar-refractivity contribution is 0.0382. The Morgan fingerprint density at radius 1 is 1.21 bits per heavy atom. The second kappa shape index (κ2) is 10.4. The Hall–Kier alpha value is -2.91. The van der Waals surface area contributed by atoms with Crippen LogP contribution in [0.3, 0.4) is 0 Å². The van der Waals surface area contributed by atoms with Crippen LogP contribution in [0.2, 0.25) is 5.02 Å². The van der Waals surface area contributed by atoms with Crippen molar-refractivity contribution >= 4 is 23.2 Å². The van der Waals surface area contributed by atoms with Gasteiger partial charge in [0.25, 0.3) is 0 Å². The van der Waals surface area contributed by atoms with Gasteiger partial charge in [-0.05, 0) is 50.5 Å². The lowest BCUT2D eigenvalue weighted by Crippen LogP contribution is -2.18. The fourth-order valence-corrected chi connectivity index (χ4v) is 3.80. The summed E-state index contributed by atoms with van der Waals surface area (Å²) in [5.74, 6) is 1.99. The highest BCUT2D eigenvalue weighted by Crippen LogP contribution is 2.34. The van der Waals surface area contributed by atoms with Crippen LogP contribution in [0.5, 0.6) is 17.4 Å². The molecule has 1 aliphatic rings. The van der Waals surface area contributed by atoms with Gasteiger partial charge in [0.05, 0.1) is 32.3 Å². The van der Waals surface area contributed by atoms with Crippen molar-refractivity contribution in [2.45, 2.75) is 19.7 Å². The molecule has 174 valence electrons. The van der Waals surface area contributed by atoms with Crippen LogP contribution in [-0.2, 0) is 24.4 Å². The van der Waals surface area contributed by atoms with Gasteiger partial charge in [0.1, 0.15) is 16.5 Å². The summed E-state index contributed by atoms with van der Waals surface area (Å²) in [5, 5.41) is 3.52. The Kier molecular flexibility index (Phi) is 7.29. The molecule has 0 amide bonds. The molecule has 3 aromatic rings. The number of aromatic nitrogens is 2. The van der Waals surface area contributed by atoms with Crippen molar-refractivity contribution < 1.29 is 14.2 Å². The summed E-state index contributed by atoms with van der Waals surface area (Å²) >= 11 is 6.37. The smallest absolute Gasteiger partial charge is 0.243 e. The average Bonchev–Trinajstić information content (AvgIpc) is 2.98. The molecule has 33 heavy (non-hydrogen) atoms. The third kappa shape index (κ3) is 5.72. The van der Waals surface area contributed by atoms with Crippen LogP contribution < -0.4 is 14.8 Å². The Morgan fingerprint density at radius 2 is 2.06 bits per heavy atom. The number of ether oxygens (including phenoxy) is 3. The molecule has 0 radical (unpaired) electrons. The van der Waals surface area contributed by atoms with E-state index in [0.717, 1.165) is 35.5 Å². The predicted molar refractivity (Wildman–Crippen MR) is 128 cm³/mol. The molecular formula is C24H28ClN5O3. The van der Waals surface area contributed by atoms with Crippen molar-refractivity contribution in [2.24, 2.45) is 0 Å². The summed E-state index contributed by atoms with van der Waals surface area (Å²) in [6.45, 7) is 2.61. The van der Waals surface area contributed by atoms with Gasteiger partial charge in [-0.15, -0.1) is 0 Å². The minimum atomic E-state index is 0.267. The number of hydrogen-bond donors (Lipinski definition) is 1. The van der Waals surface area contributed by atoms with E-state index in [0.29, 0.717) is 35.8 Å². The highest BCUT2D eigenvalue weighted by Gasteiger charge is 2.18. The molecule has 0 aliphatic carbocycles. The molecule has 9 heteroatoms. The largest absolute Gasteiger partial charge is 0.495 e. The van der Waals surface area contributed by atoms with Crippen molar-refractivity contribution in [1.82, 2.24) is 19.8 Å². The Balaban J connectivity index is 1.58. The van der Waals surface area contributed by atoms with Crippen LogP contribution in [0.1, 0.15) is 16.7 Å². The van der Waals surface area contributed by atoms with Gasteiger partial charge in [-0.25, -0.2) is 4.98 Å². The minimum Gasteiger partial charge on any atom is -0.495 e. The first-order chi connectivity index (χ1) is 15.9. The van der Waals surface area contributed by atoms with E-state index in [1.807, 2.05) is 51.5 Å². The lowest BCUT2D eigenvalue weighted by atomic mass is 10.1. The van der Waals surface area contributed by atoms with Crippen molar-refractivity contribution in [2.75, 3.05) is 40.3 Å². The summed E-state index contributed by atoms with van der Waals surface area (Å²) in [5.41, 5.74) is 4.03. The van der Waals surface area contributed by atoms with Crippen LogP contribution in [0.15, 0.2) is 42.6 Å². The molecule has 1 aliphatic heterocycles. The molecule has 1 N–H and O–H groups in total. The molecule has 0 atom stereocenters. The molecule has 1 aromatic heterocycles. The van der Waals surface area contributed by atoms with E-state index >= 15 is 0 Å². The highest BCUT2D eigenvalue weighted by molar-refractivity contribution is 6.31. The molecule has 0 saturated heterocycles. The van der Waals surface area contributed by atoms with E-state index < -0.39 is 0 Å². The fourth-order valence-electron chi connectivity index (χ4n) is 3.67. The lowest BCUT2D eigenvalue weighted by Gasteiger charge is -2.16. The minimum absolute atomic E-state index is 0.267. The van der Waals surface area contributed by atoms with Crippen molar-refractivity contribution in [1.29, 1.82) is 0 Å². The zero-order valence-corrected chi connectivity index (χ0v) is 20.0. The third-order valence-electron chi connectivity index (χ3n) is 5.16. The monoisotopic (exact) mass is 469 g/mol. The van der Waals surface area contributed by atoms with Gasteiger partial charge in [-0.1, -0.05) is 29.8 Å². The second-order valence-electron chi connectivity index (χ2n) is 8.23. The van der Waals surface area contributed by atoms with Crippen molar-refractivity contribution in [3.05, 3.63) is 64.3 Å². The molecule has 0 bridgehead atoms. The number of hydrogen-bond acceptors (Lipinski definition) is 8. The Morgan fingerprint density at radius 3 is 2.85 bits per heavy atom. The predicted octanol–water partition coefficient (Wildman–Crippen LogP) is 4.66. The first kappa shape index (κ1) is 23.3. The van der Waals surface area contributed by atoms with E-state index in [4.69, 9.17) is 25.8 Å². The highest BCUT2D eigenvalue weighted by atomic mass is 35.5. The Bertz CT molecular complexity index is 1130. The number of rotatable bonds is 7. The van der Waals surface area contributed by atoms with E-state index in [1.165, 1.54) is 6.20 Å². The molecule has 4 rings (SSSR count). The number of nitrogens with zero attached hydrogens (tertiary/aromatic N) is 4. The van der Waals surface area contributed by atoms with Crippen LogP contribution in [0.4, 0.5) is 11.6 Å². The molecule has 8 nitrogen and oxygen atoms in total. The van der Waals surface area contributed by atoms with Crippen LogP contribution in [-0.4, -0.2) is 54.8 Å². The normalized spacial score (nSPS) is 14.0. The van der Waals surface area contributed by atoms with Crippen LogP contribution in [0.25, 0.3) is 0 Å². The SMILES string of the molecule is COc1cc(CN(C)C)ccc1Nc1ncc(Cl)c(Oc2cccc3c2COCN(C)C3)n1. The van der Waals surface area contributed by atoms with Gasteiger partial charge in [-0.3, -0.25) is 4.90 Å². The molecule has 0 spiro atoms. The Labute approximate surface area is 199 Å². The van der Waals surface area contributed by atoms with Gasteiger partial charge < -0.3 is 24.4 Å². The van der Waals surface area contributed by atoms with E-state index in [9.17, 15) is 0 Å². The van der Waals surface area contributed by atoms with E-state index in [-0.39, 0.29) is 5.88 Å². The van der Waals surface area contributed by atoms with Gasteiger partial charge in [0, 0.05) is 18.7 Å². The topological polar surface area (TPSA) is 72.0 Å². The standard InChI is InChI=1S/C24H28ClN5O3/c1-29(2)12-16-8-9-20(22(10-16)31-4)27-24-26-11-19(25)23(28-24)33-21-7-5-6-17-13-30(3)15-32-14-18(17)21/h5-11H,12-15H2,1-4H3,(H,26,27,28).